The highest BCUT2D eigenvalue weighted by Crippen LogP contribution is 2.36. The fourth-order valence-electron chi connectivity index (χ4n) is 2.83. The third kappa shape index (κ3) is 2.77. The van der Waals surface area contributed by atoms with Crippen LogP contribution in [0.4, 0.5) is 4.39 Å². The Labute approximate surface area is 116 Å². The zero-order chi connectivity index (χ0) is 13.3. The lowest BCUT2D eigenvalue weighted by molar-refractivity contribution is 0.0941. The molecule has 18 heavy (non-hydrogen) atoms. The Bertz CT molecular complexity index is 432. The summed E-state index contributed by atoms with van der Waals surface area (Å²) in [4.78, 5) is 0. The Morgan fingerprint density at radius 3 is 2.89 bits per heavy atom. The molecule has 2 N–H and O–H groups in total. The van der Waals surface area contributed by atoms with Crippen molar-refractivity contribution in [2.45, 2.75) is 57.2 Å². The van der Waals surface area contributed by atoms with E-state index in [9.17, 15) is 4.39 Å². The summed E-state index contributed by atoms with van der Waals surface area (Å²) >= 11 is 3.55. The van der Waals surface area contributed by atoms with E-state index < -0.39 is 5.67 Å². The van der Waals surface area contributed by atoms with Crippen LogP contribution < -0.4 is 5.73 Å². The van der Waals surface area contributed by atoms with Crippen LogP contribution in [0.2, 0.25) is 0 Å². The van der Waals surface area contributed by atoms with Crippen LogP contribution in [0, 0.1) is 0 Å². The first-order valence-electron chi connectivity index (χ1n) is 6.60. The maximum absolute atomic E-state index is 14.8. The number of halogens is 2. The predicted octanol–water partition coefficient (Wildman–Crippen LogP) is 2.90. The second-order valence-corrected chi connectivity index (χ2v) is 6.16. The molecule has 1 aliphatic carbocycles. The van der Waals surface area contributed by atoms with E-state index in [2.05, 4.69) is 28.0 Å². The second-order valence-electron chi connectivity index (χ2n) is 5.37. The molecule has 1 fully saturated rings. The average Bonchev–Trinajstić information content (AvgIpc) is 2.56. The quantitative estimate of drug-likeness (QED) is 0.931. The molecule has 1 aromatic rings. The van der Waals surface area contributed by atoms with E-state index in [1.54, 1.807) is 4.68 Å². The van der Waals surface area contributed by atoms with Gasteiger partial charge in [-0.15, -0.1) is 0 Å². The predicted molar refractivity (Wildman–Crippen MR) is 74.3 cm³/mol. The molecule has 1 saturated carbocycles. The maximum atomic E-state index is 14.8. The molecule has 3 nitrogen and oxygen atoms in total. The van der Waals surface area contributed by atoms with Gasteiger partial charge in [-0.25, -0.2) is 4.39 Å². The number of alkyl halides is 1. The Kier molecular flexibility index (Phi) is 4.11. The number of nitrogens with two attached hydrogens (primary N) is 1. The van der Waals surface area contributed by atoms with Gasteiger partial charge in [0.05, 0.1) is 15.9 Å². The molecule has 0 aromatic carbocycles. The minimum absolute atomic E-state index is 0.00130. The van der Waals surface area contributed by atoms with Gasteiger partial charge in [0.15, 0.2) is 0 Å². The SMILES string of the molecule is CCc1nn(C)c(CC2(F)CCCC(N)C2)c1Br. The molecule has 2 atom stereocenters. The Balaban J connectivity index is 2.20. The van der Waals surface area contributed by atoms with Gasteiger partial charge in [0.2, 0.25) is 0 Å². The number of hydrogen-bond acceptors (Lipinski definition) is 2. The average molecular weight is 318 g/mol. The van der Waals surface area contributed by atoms with E-state index >= 15 is 0 Å². The molecule has 2 rings (SSSR count). The molecular weight excluding hydrogens is 297 g/mol. The summed E-state index contributed by atoms with van der Waals surface area (Å²) in [6.07, 6.45) is 4.16. The highest BCUT2D eigenvalue weighted by Gasteiger charge is 2.37. The molecule has 0 amide bonds. The van der Waals surface area contributed by atoms with Crippen molar-refractivity contribution in [3.05, 3.63) is 15.9 Å². The lowest BCUT2D eigenvalue weighted by Crippen LogP contribution is -2.39. The zero-order valence-corrected chi connectivity index (χ0v) is 12.6. The molecule has 1 aliphatic rings. The van der Waals surface area contributed by atoms with Crippen LogP contribution >= 0.6 is 15.9 Å². The van der Waals surface area contributed by atoms with Gasteiger partial charge in [-0.1, -0.05) is 6.92 Å². The minimum atomic E-state index is -1.17. The number of aryl methyl sites for hydroxylation is 2. The summed E-state index contributed by atoms with van der Waals surface area (Å²) < 4.78 is 17.6. The van der Waals surface area contributed by atoms with Crippen molar-refractivity contribution in [2.24, 2.45) is 12.8 Å². The molecular formula is C13H21BrFN3. The molecule has 0 spiro atoms. The van der Waals surface area contributed by atoms with Crippen LogP contribution in [0.15, 0.2) is 4.47 Å². The van der Waals surface area contributed by atoms with Crippen LogP contribution in [-0.4, -0.2) is 21.5 Å². The summed E-state index contributed by atoms with van der Waals surface area (Å²) in [6, 6.07) is 0.00130. The Morgan fingerprint density at radius 2 is 2.33 bits per heavy atom. The Morgan fingerprint density at radius 1 is 1.61 bits per heavy atom. The Hall–Kier alpha value is -0.420. The lowest BCUT2D eigenvalue weighted by Gasteiger charge is -2.33. The van der Waals surface area contributed by atoms with Crippen LogP contribution in [0.5, 0.6) is 0 Å². The molecule has 0 radical (unpaired) electrons. The summed E-state index contributed by atoms with van der Waals surface area (Å²) in [5.74, 6) is 0. The van der Waals surface area contributed by atoms with E-state index in [0.29, 0.717) is 19.3 Å². The van der Waals surface area contributed by atoms with E-state index in [0.717, 1.165) is 35.1 Å². The third-order valence-electron chi connectivity index (χ3n) is 3.81. The van der Waals surface area contributed by atoms with Gasteiger partial charge in [-0.05, 0) is 48.0 Å². The van der Waals surface area contributed by atoms with Crippen LogP contribution in [0.25, 0.3) is 0 Å². The smallest absolute Gasteiger partial charge is 0.118 e. The van der Waals surface area contributed by atoms with E-state index in [1.165, 1.54) is 0 Å². The van der Waals surface area contributed by atoms with Crippen LogP contribution in [-0.2, 0) is 19.9 Å². The number of aromatic nitrogens is 2. The van der Waals surface area contributed by atoms with Crippen molar-refractivity contribution in [1.82, 2.24) is 9.78 Å². The topological polar surface area (TPSA) is 43.8 Å². The summed E-state index contributed by atoms with van der Waals surface area (Å²) in [6.45, 7) is 2.05. The van der Waals surface area contributed by atoms with Crippen molar-refractivity contribution in [2.75, 3.05) is 0 Å². The molecule has 5 heteroatoms. The van der Waals surface area contributed by atoms with Gasteiger partial charge >= 0.3 is 0 Å². The highest BCUT2D eigenvalue weighted by atomic mass is 79.9. The molecule has 0 saturated heterocycles. The standard InChI is InChI=1S/C13H21BrFN3/c1-3-10-12(14)11(18(2)17-10)8-13(15)6-4-5-9(16)7-13/h9H,3-8,16H2,1-2H3. The summed E-state index contributed by atoms with van der Waals surface area (Å²) in [5.41, 5.74) is 6.67. The van der Waals surface area contributed by atoms with Crippen molar-refractivity contribution in [1.29, 1.82) is 0 Å². The largest absolute Gasteiger partial charge is 0.328 e. The first kappa shape index (κ1) is 14.0. The molecule has 1 aromatic heterocycles. The summed E-state index contributed by atoms with van der Waals surface area (Å²) in [5, 5.41) is 4.42. The number of rotatable bonds is 3. The van der Waals surface area contributed by atoms with Gasteiger partial charge in [0.25, 0.3) is 0 Å². The molecule has 2 unspecified atom stereocenters. The first-order valence-corrected chi connectivity index (χ1v) is 7.39. The van der Waals surface area contributed by atoms with Crippen LogP contribution in [0.3, 0.4) is 0 Å². The monoisotopic (exact) mass is 317 g/mol. The normalized spacial score (nSPS) is 28.6. The molecule has 0 bridgehead atoms. The van der Waals surface area contributed by atoms with E-state index in [4.69, 9.17) is 5.73 Å². The zero-order valence-electron chi connectivity index (χ0n) is 11.0. The van der Waals surface area contributed by atoms with Crippen molar-refractivity contribution in [3.63, 3.8) is 0 Å². The van der Waals surface area contributed by atoms with Gasteiger partial charge in [0.1, 0.15) is 5.67 Å². The number of hydrogen-bond donors (Lipinski definition) is 1. The van der Waals surface area contributed by atoms with E-state index in [-0.39, 0.29) is 6.04 Å². The summed E-state index contributed by atoms with van der Waals surface area (Å²) in [7, 11) is 1.88. The van der Waals surface area contributed by atoms with Crippen molar-refractivity contribution in [3.8, 4) is 0 Å². The highest BCUT2D eigenvalue weighted by molar-refractivity contribution is 9.10. The minimum Gasteiger partial charge on any atom is -0.328 e. The number of nitrogens with zero attached hydrogens (tertiary/aromatic N) is 2. The van der Waals surface area contributed by atoms with Gasteiger partial charge in [0, 0.05) is 19.5 Å². The first-order chi connectivity index (χ1) is 8.45. The van der Waals surface area contributed by atoms with E-state index in [1.807, 2.05) is 7.05 Å². The van der Waals surface area contributed by atoms with Crippen LogP contribution in [0.1, 0.15) is 44.0 Å². The van der Waals surface area contributed by atoms with Crippen molar-refractivity contribution < 1.29 is 4.39 Å². The maximum Gasteiger partial charge on any atom is 0.118 e. The van der Waals surface area contributed by atoms with Gasteiger partial charge < -0.3 is 5.73 Å². The molecule has 0 aliphatic heterocycles. The van der Waals surface area contributed by atoms with Gasteiger partial charge in [-0.3, -0.25) is 4.68 Å². The fraction of sp³-hybridized carbons (Fsp3) is 0.769. The lowest BCUT2D eigenvalue weighted by atomic mass is 9.80. The molecule has 1 heterocycles. The molecule has 102 valence electrons. The third-order valence-corrected chi connectivity index (χ3v) is 4.73. The van der Waals surface area contributed by atoms with Gasteiger partial charge in [-0.2, -0.15) is 5.10 Å². The fourth-order valence-corrected chi connectivity index (χ4v) is 3.58. The van der Waals surface area contributed by atoms with Crippen molar-refractivity contribution >= 4 is 15.9 Å². The second kappa shape index (κ2) is 5.29.